The topological polar surface area (TPSA) is 151 Å². The van der Waals surface area contributed by atoms with Gasteiger partial charge in [0.25, 0.3) is 5.91 Å². The number of imidazole rings is 1. The number of amides is 3. The van der Waals surface area contributed by atoms with Crippen LogP contribution >= 0.6 is 0 Å². The van der Waals surface area contributed by atoms with E-state index >= 15 is 0 Å². The van der Waals surface area contributed by atoms with E-state index in [4.69, 9.17) is 9.47 Å². The summed E-state index contributed by atoms with van der Waals surface area (Å²) in [4.78, 5) is 50.5. The molecule has 1 aliphatic rings. The van der Waals surface area contributed by atoms with E-state index in [-0.39, 0.29) is 62.3 Å². The molecule has 1 atom stereocenters. The molecule has 0 spiro atoms. The zero-order chi connectivity index (χ0) is 36.2. The SMILES string of the molecule is CCc1cc(Nc2nccn3c(-c4ccc(OC)c(F)c4F)cnc23)ccc1C(=O)NCCC(=O)N1CCN(C(=O)OC(C)(C)C)[C@H](CO)C1. The Hall–Kier alpha value is -5.31. The molecule has 1 aliphatic heterocycles. The maximum atomic E-state index is 14.9. The number of carbonyl (C=O) groups excluding carboxylic acids is 3. The zero-order valence-corrected chi connectivity index (χ0v) is 28.6. The van der Waals surface area contributed by atoms with Gasteiger partial charge in [0.2, 0.25) is 11.7 Å². The van der Waals surface area contributed by atoms with Gasteiger partial charge in [0.15, 0.2) is 23.0 Å². The first-order chi connectivity index (χ1) is 23.8. The van der Waals surface area contributed by atoms with E-state index in [1.165, 1.54) is 36.5 Å². The number of aliphatic hydroxyl groups excluding tert-OH is 1. The van der Waals surface area contributed by atoms with Crippen molar-refractivity contribution in [1.82, 2.24) is 29.5 Å². The molecule has 15 heteroatoms. The van der Waals surface area contributed by atoms with Gasteiger partial charge < -0.3 is 30.1 Å². The minimum atomic E-state index is -1.10. The van der Waals surface area contributed by atoms with Crippen LogP contribution < -0.4 is 15.4 Å². The Labute approximate surface area is 288 Å². The number of carbonyl (C=O) groups is 3. The van der Waals surface area contributed by atoms with Crippen LogP contribution in [-0.2, 0) is 16.0 Å². The first kappa shape index (κ1) is 36.0. The first-order valence-electron chi connectivity index (χ1n) is 16.3. The Kier molecular flexibility index (Phi) is 10.8. The number of rotatable bonds is 10. The summed E-state index contributed by atoms with van der Waals surface area (Å²) >= 11 is 0. The molecule has 0 radical (unpaired) electrons. The summed E-state index contributed by atoms with van der Waals surface area (Å²) in [5.74, 6) is -2.53. The highest BCUT2D eigenvalue weighted by Crippen LogP contribution is 2.32. The molecule has 2 aromatic heterocycles. The zero-order valence-electron chi connectivity index (χ0n) is 28.6. The molecule has 0 saturated carbocycles. The van der Waals surface area contributed by atoms with E-state index in [1.807, 2.05) is 13.0 Å². The van der Waals surface area contributed by atoms with Gasteiger partial charge in [0, 0.05) is 61.8 Å². The number of ether oxygens (including phenoxy) is 2. The van der Waals surface area contributed by atoms with Crippen LogP contribution in [0.15, 0.2) is 48.9 Å². The fraction of sp³-hybridized carbons (Fsp3) is 0.400. The van der Waals surface area contributed by atoms with E-state index in [2.05, 4.69) is 20.6 Å². The largest absolute Gasteiger partial charge is 0.494 e. The van der Waals surface area contributed by atoms with Crippen molar-refractivity contribution in [2.45, 2.75) is 52.2 Å². The molecule has 0 aliphatic carbocycles. The van der Waals surface area contributed by atoms with Crippen molar-refractivity contribution in [3.63, 3.8) is 0 Å². The Bertz CT molecular complexity index is 1890. The standard InChI is InChI=1S/C35H41F2N7O6/c1-6-21-17-22(41-31-32-40-18-26(44(32)14-13-38-31)25-9-10-27(49-5)30(37)29(25)36)7-8-24(21)33(47)39-12-11-28(46)42-15-16-43(23(19-42)20-45)34(48)50-35(2,3)4/h7-10,13-14,17-18,23,45H,6,11-12,15-16,19-20H2,1-5H3,(H,38,41)(H,39,47)/t23-/m0/s1. The summed E-state index contributed by atoms with van der Waals surface area (Å²) in [7, 11) is 1.26. The number of fused-ring (bicyclic) bond motifs is 1. The average Bonchev–Trinajstić information content (AvgIpc) is 3.53. The summed E-state index contributed by atoms with van der Waals surface area (Å²) in [5.41, 5.74) is 1.84. The van der Waals surface area contributed by atoms with Crippen molar-refractivity contribution in [3.05, 3.63) is 71.7 Å². The average molecular weight is 694 g/mol. The lowest BCUT2D eigenvalue weighted by Gasteiger charge is -2.41. The third-order valence-corrected chi connectivity index (χ3v) is 8.26. The van der Waals surface area contributed by atoms with Gasteiger partial charge in [0.05, 0.1) is 31.6 Å². The number of piperazine rings is 1. The predicted molar refractivity (Wildman–Crippen MR) is 181 cm³/mol. The van der Waals surface area contributed by atoms with E-state index in [0.717, 1.165) is 5.56 Å². The molecule has 4 aromatic rings. The van der Waals surface area contributed by atoms with Gasteiger partial charge >= 0.3 is 6.09 Å². The van der Waals surface area contributed by atoms with Crippen molar-refractivity contribution in [1.29, 1.82) is 0 Å². The molecule has 1 saturated heterocycles. The van der Waals surface area contributed by atoms with Gasteiger partial charge in [0.1, 0.15) is 5.60 Å². The molecular formula is C35H41F2N7O6. The summed E-state index contributed by atoms with van der Waals surface area (Å²) in [6.45, 7) is 7.66. The Morgan fingerprint density at radius 3 is 2.56 bits per heavy atom. The lowest BCUT2D eigenvalue weighted by atomic mass is 10.0. The second-order valence-electron chi connectivity index (χ2n) is 12.8. The number of nitrogens with zero attached hydrogens (tertiary/aromatic N) is 5. The van der Waals surface area contributed by atoms with Crippen molar-refractivity contribution in [2.75, 3.05) is 45.2 Å². The van der Waals surface area contributed by atoms with Crippen molar-refractivity contribution in [2.24, 2.45) is 0 Å². The van der Waals surface area contributed by atoms with Crippen molar-refractivity contribution >= 4 is 35.1 Å². The van der Waals surface area contributed by atoms with Crippen LogP contribution in [0.5, 0.6) is 5.75 Å². The number of methoxy groups -OCH3 is 1. The molecule has 3 N–H and O–H groups in total. The summed E-state index contributed by atoms with van der Waals surface area (Å²) in [6.07, 6.45) is 4.58. The Morgan fingerprint density at radius 1 is 1.08 bits per heavy atom. The van der Waals surface area contributed by atoms with Gasteiger partial charge in [-0.2, -0.15) is 4.39 Å². The monoisotopic (exact) mass is 693 g/mol. The van der Waals surface area contributed by atoms with Crippen LogP contribution in [0.4, 0.5) is 25.1 Å². The number of anilines is 2. The Morgan fingerprint density at radius 2 is 1.86 bits per heavy atom. The highest BCUT2D eigenvalue weighted by molar-refractivity contribution is 5.96. The molecule has 50 heavy (non-hydrogen) atoms. The van der Waals surface area contributed by atoms with E-state index in [1.54, 1.807) is 48.4 Å². The third kappa shape index (κ3) is 7.77. The lowest BCUT2D eigenvalue weighted by Crippen LogP contribution is -2.58. The van der Waals surface area contributed by atoms with Gasteiger partial charge in [-0.15, -0.1) is 0 Å². The third-order valence-electron chi connectivity index (χ3n) is 8.26. The maximum Gasteiger partial charge on any atom is 0.410 e. The van der Waals surface area contributed by atoms with Crippen LogP contribution in [0.2, 0.25) is 0 Å². The van der Waals surface area contributed by atoms with E-state index < -0.39 is 29.4 Å². The van der Waals surface area contributed by atoms with Gasteiger partial charge in [-0.05, 0) is 63.1 Å². The molecule has 3 amide bonds. The molecule has 5 rings (SSSR count). The van der Waals surface area contributed by atoms with Crippen LogP contribution in [-0.4, -0.2) is 98.7 Å². The summed E-state index contributed by atoms with van der Waals surface area (Å²) < 4.78 is 41.2. The lowest BCUT2D eigenvalue weighted by molar-refractivity contribution is -0.134. The molecule has 266 valence electrons. The number of aromatic nitrogens is 3. The van der Waals surface area contributed by atoms with Crippen LogP contribution in [0.3, 0.4) is 0 Å². The number of halogens is 2. The highest BCUT2D eigenvalue weighted by atomic mass is 19.2. The Balaban J connectivity index is 1.21. The fourth-order valence-electron chi connectivity index (χ4n) is 5.75. The minimum absolute atomic E-state index is 0.00779. The van der Waals surface area contributed by atoms with Gasteiger partial charge in [-0.1, -0.05) is 6.92 Å². The molecule has 0 unspecified atom stereocenters. The molecule has 13 nitrogen and oxygen atoms in total. The molecule has 3 heterocycles. The van der Waals surface area contributed by atoms with E-state index in [0.29, 0.717) is 34.8 Å². The normalized spacial score (nSPS) is 14.8. The summed E-state index contributed by atoms with van der Waals surface area (Å²) in [6, 6.07) is 7.38. The summed E-state index contributed by atoms with van der Waals surface area (Å²) in [5, 5.41) is 15.9. The quantitative estimate of drug-likeness (QED) is 0.217. The van der Waals surface area contributed by atoms with Crippen LogP contribution in [0.25, 0.3) is 16.9 Å². The smallest absolute Gasteiger partial charge is 0.410 e. The van der Waals surface area contributed by atoms with Crippen molar-refractivity contribution < 1.29 is 37.7 Å². The van der Waals surface area contributed by atoms with Crippen LogP contribution in [0.1, 0.15) is 50.0 Å². The molecule has 0 bridgehead atoms. The van der Waals surface area contributed by atoms with Crippen LogP contribution in [0, 0.1) is 11.6 Å². The molecule has 1 fully saturated rings. The van der Waals surface area contributed by atoms with Gasteiger partial charge in [-0.25, -0.2) is 19.2 Å². The van der Waals surface area contributed by atoms with Gasteiger partial charge in [-0.3, -0.25) is 18.9 Å². The maximum absolute atomic E-state index is 14.9. The number of aliphatic hydroxyl groups is 1. The van der Waals surface area contributed by atoms with Crippen molar-refractivity contribution in [3.8, 4) is 17.0 Å². The fourth-order valence-corrected chi connectivity index (χ4v) is 5.75. The highest BCUT2D eigenvalue weighted by Gasteiger charge is 2.34. The number of benzene rings is 2. The predicted octanol–water partition coefficient (Wildman–Crippen LogP) is 4.55. The number of nitrogens with one attached hydrogen (secondary N) is 2. The molecular weight excluding hydrogens is 652 g/mol. The number of aryl methyl sites for hydroxylation is 1. The second-order valence-corrected chi connectivity index (χ2v) is 12.8. The first-order valence-corrected chi connectivity index (χ1v) is 16.3. The minimum Gasteiger partial charge on any atom is -0.494 e. The number of hydrogen-bond donors (Lipinski definition) is 3. The molecule has 2 aromatic carbocycles. The van der Waals surface area contributed by atoms with E-state index in [9.17, 15) is 28.3 Å². The number of hydrogen-bond acceptors (Lipinski definition) is 9. The second kappa shape index (κ2) is 15.1.